The summed E-state index contributed by atoms with van der Waals surface area (Å²) >= 11 is 7.37. The van der Waals surface area contributed by atoms with Crippen molar-refractivity contribution in [2.45, 2.75) is 19.3 Å². The zero-order valence-electron chi connectivity index (χ0n) is 9.85. The number of aliphatic carboxylic acids is 1. The number of hydrogen-bond acceptors (Lipinski definition) is 4. The summed E-state index contributed by atoms with van der Waals surface area (Å²) in [5.41, 5.74) is 0.0732. The van der Waals surface area contributed by atoms with Crippen LogP contribution in [0.25, 0.3) is 10.7 Å². The summed E-state index contributed by atoms with van der Waals surface area (Å²) < 4.78 is 0. The van der Waals surface area contributed by atoms with Gasteiger partial charge in [-0.1, -0.05) is 11.6 Å². The normalized spacial score (nSPS) is 11.5. The van der Waals surface area contributed by atoms with Gasteiger partial charge in [0.05, 0.1) is 10.7 Å². The van der Waals surface area contributed by atoms with Crippen LogP contribution in [0.4, 0.5) is 0 Å². The van der Waals surface area contributed by atoms with Gasteiger partial charge in [-0.05, 0) is 26.0 Å². The summed E-state index contributed by atoms with van der Waals surface area (Å²) in [6.07, 6.45) is 1.63. The molecule has 0 aliphatic heterocycles. The summed E-state index contributed by atoms with van der Waals surface area (Å²) in [5.74, 6) is -0.911. The number of carbonyl (C=O) groups is 1. The molecule has 2 aromatic rings. The molecule has 0 aromatic carbocycles. The van der Waals surface area contributed by atoms with Gasteiger partial charge >= 0.3 is 5.97 Å². The van der Waals surface area contributed by atoms with Gasteiger partial charge in [0, 0.05) is 11.6 Å². The van der Waals surface area contributed by atoms with Crippen LogP contribution < -0.4 is 0 Å². The smallest absolute Gasteiger partial charge is 0.315 e. The highest BCUT2D eigenvalue weighted by Crippen LogP contribution is 2.32. The van der Waals surface area contributed by atoms with Crippen LogP contribution in [0, 0.1) is 0 Å². The van der Waals surface area contributed by atoms with Gasteiger partial charge in [-0.3, -0.25) is 9.78 Å². The Balaban J connectivity index is 2.44. The minimum Gasteiger partial charge on any atom is -0.481 e. The van der Waals surface area contributed by atoms with Gasteiger partial charge in [0.1, 0.15) is 16.1 Å². The number of thiazole rings is 1. The number of hydrogen-bond donors (Lipinski definition) is 1. The topological polar surface area (TPSA) is 63.1 Å². The van der Waals surface area contributed by atoms with E-state index in [9.17, 15) is 4.79 Å². The Labute approximate surface area is 113 Å². The Kier molecular flexibility index (Phi) is 3.36. The number of rotatable bonds is 3. The fourth-order valence-electron chi connectivity index (χ4n) is 1.32. The number of nitrogens with zero attached hydrogens (tertiary/aromatic N) is 2. The number of aromatic nitrogens is 2. The van der Waals surface area contributed by atoms with Crippen LogP contribution in [0.3, 0.4) is 0 Å². The summed E-state index contributed by atoms with van der Waals surface area (Å²) in [6.45, 7) is 3.24. The molecule has 0 unspecified atom stereocenters. The lowest BCUT2D eigenvalue weighted by atomic mass is 9.90. The van der Waals surface area contributed by atoms with E-state index in [0.717, 1.165) is 0 Å². The number of halogens is 1. The first-order valence-electron chi connectivity index (χ1n) is 5.23. The van der Waals surface area contributed by atoms with Crippen molar-refractivity contribution in [1.29, 1.82) is 0 Å². The molecular weight excluding hydrogens is 272 g/mol. The molecule has 0 saturated heterocycles. The average Bonchev–Trinajstić information content (AvgIpc) is 2.79. The summed E-state index contributed by atoms with van der Waals surface area (Å²) in [5, 5.41) is 12.0. The van der Waals surface area contributed by atoms with E-state index in [2.05, 4.69) is 9.97 Å². The van der Waals surface area contributed by atoms with Crippen molar-refractivity contribution >= 4 is 28.9 Å². The van der Waals surface area contributed by atoms with Gasteiger partial charge in [-0.15, -0.1) is 11.3 Å². The van der Waals surface area contributed by atoms with Crippen molar-refractivity contribution in [2.24, 2.45) is 0 Å². The predicted molar refractivity (Wildman–Crippen MR) is 71.0 cm³/mol. The van der Waals surface area contributed by atoms with Crippen molar-refractivity contribution in [3.05, 3.63) is 34.4 Å². The zero-order chi connectivity index (χ0) is 13.3. The molecule has 0 amide bonds. The first-order chi connectivity index (χ1) is 8.43. The van der Waals surface area contributed by atoms with E-state index >= 15 is 0 Å². The molecule has 0 fully saturated rings. The number of carboxylic acid groups (broad SMARTS) is 1. The van der Waals surface area contributed by atoms with Gasteiger partial charge in [-0.2, -0.15) is 0 Å². The van der Waals surface area contributed by atoms with Crippen LogP contribution in [0.5, 0.6) is 0 Å². The average molecular weight is 283 g/mol. The van der Waals surface area contributed by atoms with Crippen molar-refractivity contribution in [1.82, 2.24) is 9.97 Å². The minimum absolute atomic E-state index is 0.506. The summed E-state index contributed by atoms with van der Waals surface area (Å²) in [4.78, 5) is 19.6. The molecule has 0 aliphatic rings. The molecule has 0 bridgehead atoms. The SMILES string of the molecule is CC(C)(C(=O)O)c1csc(-c2ncccc2Cl)n1. The summed E-state index contributed by atoms with van der Waals surface area (Å²) in [7, 11) is 0. The van der Waals surface area contributed by atoms with Crippen LogP contribution in [-0.4, -0.2) is 21.0 Å². The lowest BCUT2D eigenvalue weighted by Crippen LogP contribution is -2.28. The maximum Gasteiger partial charge on any atom is 0.315 e. The Hall–Kier alpha value is -1.46. The highest BCUT2D eigenvalue weighted by atomic mass is 35.5. The lowest BCUT2D eigenvalue weighted by Gasteiger charge is -2.15. The number of carboxylic acids is 1. The molecule has 0 atom stereocenters. The molecule has 2 aromatic heterocycles. The molecule has 2 rings (SSSR count). The molecule has 0 saturated carbocycles. The molecular formula is C12H11ClN2O2S. The van der Waals surface area contributed by atoms with Gasteiger partial charge in [0.15, 0.2) is 0 Å². The highest BCUT2D eigenvalue weighted by Gasteiger charge is 2.32. The third-order valence-corrected chi connectivity index (χ3v) is 3.79. The third kappa shape index (κ3) is 2.23. The molecule has 1 N–H and O–H groups in total. The molecule has 0 radical (unpaired) electrons. The van der Waals surface area contributed by atoms with Crippen LogP contribution in [-0.2, 0) is 10.2 Å². The van der Waals surface area contributed by atoms with E-state index < -0.39 is 11.4 Å². The van der Waals surface area contributed by atoms with E-state index in [0.29, 0.717) is 21.4 Å². The quantitative estimate of drug-likeness (QED) is 0.939. The van der Waals surface area contributed by atoms with E-state index in [1.807, 2.05) is 0 Å². The second kappa shape index (κ2) is 4.66. The van der Waals surface area contributed by atoms with Crippen LogP contribution in [0.15, 0.2) is 23.7 Å². The third-order valence-electron chi connectivity index (χ3n) is 2.64. The van der Waals surface area contributed by atoms with Crippen LogP contribution >= 0.6 is 22.9 Å². The molecule has 0 spiro atoms. The first-order valence-corrected chi connectivity index (χ1v) is 6.49. The Morgan fingerprint density at radius 2 is 2.22 bits per heavy atom. The molecule has 94 valence electrons. The second-order valence-electron chi connectivity index (χ2n) is 4.30. The van der Waals surface area contributed by atoms with E-state index in [1.54, 1.807) is 37.6 Å². The standard InChI is InChI=1S/C12H11ClN2O2S/c1-12(2,11(16)17)8-6-18-10(15-8)9-7(13)4-3-5-14-9/h3-6H,1-2H3,(H,16,17). The maximum absolute atomic E-state index is 11.2. The fourth-order valence-corrected chi connectivity index (χ4v) is 2.59. The van der Waals surface area contributed by atoms with Crippen LogP contribution in [0.1, 0.15) is 19.5 Å². The fraction of sp³-hybridized carbons (Fsp3) is 0.250. The Morgan fingerprint density at radius 3 is 2.83 bits per heavy atom. The largest absolute Gasteiger partial charge is 0.481 e. The molecule has 0 aliphatic carbocycles. The lowest BCUT2D eigenvalue weighted by molar-refractivity contribution is -0.142. The van der Waals surface area contributed by atoms with Crippen molar-refractivity contribution < 1.29 is 9.90 Å². The van der Waals surface area contributed by atoms with E-state index in [1.165, 1.54) is 11.3 Å². The summed E-state index contributed by atoms with van der Waals surface area (Å²) in [6, 6.07) is 3.47. The Bertz CT molecular complexity index is 595. The number of pyridine rings is 1. The minimum atomic E-state index is -1.02. The van der Waals surface area contributed by atoms with E-state index in [4.69, 9.17) is 16.7 Å². The molecule has 4 nitrogen and oxygen atoms in total. The first kappa shape index (κ1) is 13.0. The predicted octanol–water partition coefficient (Wildman–Crippen LogP) is 3.22. The van der Waals surface area contributed by atoms with Gasteiger partial charge < -0.3 is 5.11 Å². The Morgan fingerprint density at radius 1 is 1.50 bits per heavy atom. The molecule has 6 heteroatoms. The van der Waals surface area contributed by atoms with Crippen LogP contribution in [0.2, 0.25) is 5.02 Å². The molecule has 2 heterocycles. The van der Waals surface area contributed by atoms with Crippen molar-refractivity contribution in [3.63, 3.8) is 0 Å². The van der Waals surface area contributed by atoms with Crippen molar-refractivity contribution in [3.8, 4) is 10.7 Å². The zero-order valence-corrected chi connectivity index (χ0v) is 11.4. The highest BCUT2D eigenvalue weighted by molar-refractivity contribution is 7.13. The van der Waals surface area contributed by atoms with Gasteiger partial charge in [-0.25, -0.2) is 4.98 Å². The van der Waals surface area contributed by atoms with Gasteiger partial charge in [0.25, 0.3) is 0 Å². The second-order valence-corrected chi connectivity index (χ2v) is 5.57. The van der Waals surface area contributed by atoms with Crippen molar-refractivity contribution in [2.75, 3.05) is 0 Å². The van der Waals surface area contributed by atoms with E-state index in [-0.39, 0.29) is 0 Å². The monoisotopic (exact) mass is 282 g/mol. The van der Waals surface area contributed by atoms with Gasteiger partial charge in [0.2, 0.25) is 0 Å². The maximum atomic E-state index is 11.2. The molecule has 18 heavy (non-hydrogen) atoms.